The van der Waals surface area contributed by atoms with Crippen molar-refractivity contribution in [3.63, 3.8) is 0 Å². The first kappa shape index (κ1) is 18.0. The van der Waals surface area contributed by atoms with Crippen LogP contribution in [0.1, 0.15) is 65.2 Å². The number of amides is 1. The molecule has 0 aliphatic heterocycles. The summed E-state index contributed by atoms with van der Waals surface area (Å²) in [5.41, 5.74) is 6.27. The molecule has 5 heteroatoms. The van der Waals surface area contributed by atoms with Crippen molar-refractivity contribution < 1.29 is 9.53 Å². The number of hydrogen-bond acceptors (Lipinski definition) is 3. The summed E-state index contributed by atoms with van der Waals surface area (Å²) in [5.74, 6) is 0.167. The fraction of sp³-hybridized carbons (Fsp3) is 0.941. The lowest BCUT2D eigenvalue weighted by molar-refractivity contribution is -0.177. The third-order valence-corrected chi connectivity index (χ3v) is 6.32. The first-order valence-corrected chi connectivity index (χ1v) is 8.70. The van der Waals surface area contributed by atoms with Crippen molar-refractivity contribution in [3.05, 3.63) is 0 Å². The van der Waals surface area contributed by atoms with E-state index in [0.29, 0.717) is 12.1 Å². The molecule has 0 bridgehead atoms. The van der Waals surface area contributed by atoms with E-state index in [1.807, 2.05) is 6.92 Å². The number of rotatable bonds is 4. The van der Waals surface area contributed by atoms with Crippen molar-refractivity contribution in [2.24, 2.45) is 17.1 Å². The lowest BCUT2D eigenvalue weighted by atomic mass is 9.51. The van der Waals surface area contributed by atoms with Gasteiger partial charge in [0.15, 0.2) is 0 Å². The van der Waals surface area contributed by atoms with Crippen LogP contribution in [0.2, 0.25) is 0 Å². The van der Waals surface area contributed by atoms with E-state index in [2.05, 4.69) is 12.2 Å². The van der Waals surface area contributed by atoms with Crippen molar-refractivity contribution in [1.82, 2.24) is 5.32 Å². The largest absolute Gasteiger partial charge is 0.378 e. The van der Waals surface area contributed by atoms with Gasteiger partial charge in [0.05, 0.1) is 12.0 Å². The zero-order valence-electron chi connectivity index (χ0n) is 13.9. The van der Waals surface area contributed by atoms with Gasteiger partial charge in [-0.3, -0.25) is 4.79 Å². The maximum Gasteiger partial charge on any atom is 0.225 e. The number of carbonyl (C=O) groups is 1. The second-order valence-electron chi connectivity index (χ2n) is 7.63. The highest BCUT2D eigenvalue weighted by Crippen LogP contribution is 2.57. The Kier molecular flexibility index (Phi) is 5.46. The van der Waals surface area contributed by atoms with Crippen LogP contribution in [0.4, 0.5) is 0 Å². The Balaban J connectivity index is 0.00000176. The minimum atomic E-state index is -0.335. The highest BCUT2D eigenvalue weighted by atomic mass is 35.5. The highest BCUT2D eigenvalue weighted by molar-refractivity contribution is 5.85. The molecule has 0 saturated heterocycles. The van der Waals surface area contributed by atoms with E-state index in [9.17, 15) is 4.79 Å². The van der Waals surface area contributed by atoms with E-state index in [-0.39, 0.29) is 35.2 Å². The first-order valence-electron chi connectivity index (χ1n) is 8.70. The average molecular weight is 331 g/mol. The molecule has 4 nitrogen and oxygen atoms in total. The number of nitrogens with two attached hydrogens (primary N) is 1. The van der Waals surface area contributed by atoms with Crippen molar-refractivity contribution in [2.75, 3.05) is 6.61 Å². The minimum Gasteiger partial charge on any atom is -0.378 e. The second kappa shape index (κ2) is 6.66. The molecule has 4 atom stereocenters. The summed E-state index contributed by atoms with van der Waals surface area (Å²) in [6.45, 7) is 4.87. The van der Waals surface area contributed by atoms with Crippen molar-refractivity contribution >= 4 is 18.3 Å². The zero-order chi connectivity index (χ0) is 15.1. The Morgan fingerprint density at radius 2 is 2.00 bits per heavy atom. The molecular formula is C17H31ClN2O2. The predicted molar refractivity (Wildman–Crippen MR) is 90.0 cm³/mol. The van der Waals surface area contributed by atoms with E-state index in [4.69, 9.17) is 10.5 Å². The third-order valence-electron chi connectivity index (χ3n) is 6.32. The van der Waals surface area contributed by atoms with Crippen molar-refractivity contribution in [2.45, 2.75) is 82.9 Å². The van der Waals surface area contributed by atoms with Gasteiger partial charge in [0.2, 0.25) is 5.91 Å². The smallest absolute Gasteiger partial charge is 0.225 e. The predicted octanol–water partition coefficient (Wildman–Crippen LogP) is 2.78. The Morgan fingerprint density at radius 1 is 1.27 bits per heavy atom. The van der Waals surface area contributed by atoms with Crippen LogP contribution in [0.25, 0.3) is 0 Å². The molecule has 128 valence electrons. The van der Waals surface area contributed by atoms with Gasteiger partial charge in [0, 0.05) is 23.6 Å². The van der Waals surface area contributed by atoms with Gasteiger partial charge in [-0.15, -0.1) is 12.4 Å². The molecule has 3 aliphatic carbocycles. The normalized spacial score (nSPS) is 39.3. The summed E-state index contributed by atoms with van der Waals surface area (Å²) >= 11 is 0. The quantitative estimate of drug-likeness (QED) is 0.833. The van der Waals surface area contributed by atoms with Crippen LogP contribution in [0.5, 0.6) is 0 Å². The summed E-state index contributed by atoms with van der Waals surface area (Å²) in [6.07, 6.45) is 9.19. The standard InChI is InChI=1S/C17H30N2O2.ClH/c1-3-21-14-11-13(17(14)9-6-10-17)19-15(20)12-7-4-5-8-16(12,2)18;/h12-14H,3-11,18H2,1-2H3,(H,19,20);1H. The molecule has 22 heavy (non-hydrogen) atoms. The van der Waals surface area contributed by atoms with Gasteiger partial charge in [-0.05, 0) is 46.0 Å². The molecule has 3 aliphatic rings. The molecule has 0 aromatic heterocycles. The fourth-order valence-corrected chi connectivity index (χ4v) is 4.70. The Hall–Kier alpha value is -0.320. The molecule has 1 amide bonds. The number of hydrogen-bond donors (Lipinski definition) is 2. The molecule has 1 spiro atoms. The molecule has 3 N–H and O–H groups in total. The lowest BCUT2D eigenvalue weighted by Gasteiger charge is -2.61. The minimum absolute atomic E-state index is 0. The number of carbonyl (C=O) groups excluding carboxylic acids is 1. The SMILES string of the molecule is CCOC1CC(NC(=O)C2CCCCC2(C)N)C12CCC2.Cl. The van der Waals surface area contributed by atoms with E-state index < -0.39 is 0 Å². The van der Waals surface area contributed by atoms with Crippen LogP contribution in [0, 0.1) is 11.3 Å². The Labute approximate surface area is 140 Å². The number of nitrogens with one attached hydrogen (secondary N) is 1. The van der Waals surface area contributed by atoms with Crippen LogP contribution in [-0.4, -0.2) is 30.2 Å². The van der Waals surface area contributed by atoms with Gasteiger partial charge >= 0.3 is 0 Å². The van der Waals surface area contributed by atoms with Crippen LogP contribution >= 0.6 is 12.4 Å². The molecular weight excluding hydrogens is 300 g/mol. The van der Waals surface area contributed by atoms with E-state index in [0.717, 1.165) is 38.7 Å². The lowest BCUT2D eigenvalue weighted by Crippen LogP contribution is -2.69. The van der Waals surface area contributed by atoms with Crippen LogP contribution in [0.15, 0.2) is 0 Å². The van der Waals surface area contributed by atoms with Gasteiger partial charge in [-0.2, -0.15) is 0 Å². The summed E-state index contributed by atoms with van der Waals surface area (Å²) in [7, 11) is 0. The Morgan fingerprint density at radius 3 is 2.55 bits per heavy atom. The van der Waals surface area contributed by atoms with E-state index in [1.54, 1.807) is 0 Å². The summed E-state index contributed by atoms with van der Waals surface area (Å²) in [4.78, 5) is 12.7. The molecule has 3 rings (SSSR count). The van der Waals surface area contributed by atoms with Gasteiger partial charge in [0.25, 0.3) is 0 Å². The first-order chi connectivity index (χ1) is 9.99. The van der Waals surface area contributed by atoms with E-state index in [1.165, 1.54) is 19.3 Å². The van der Waals surface area contributed by atoms with Crippen LogP contribution < -0.4 is 11.1 Å². The molecule has 0 aromatic carbocycles. The summed E-state index contributed by atoms with van der Waals surface area (Å²) < 4.78 is 5.86. The molecule has 4 unspecified atom stereocenters. The topological polar surface area (TPSA) is 64.3 Å². The highest BCUT2D eigenvalue weighted by Gasteiger charge is 2.59. The number of ether oxygens (including phenoxy) is 1. The van der Waals surface area contributed by atoms with E-state index >= 15 is 0 Å². The molecule has 0 aromatic rings. The van der Waals surface area contributed by atoms with Crippen LogP contribution in [0.3, 0.4) is 0 Å². The summed E-state index contributed by atoms with van der Waals surface area (Å²) in [5, 5.41) is 3.32. The third kappa shape index (κ3) is 2.90. The second-order valence-corrected chi connectivity index (χ2v) is 7.63. The van der Waals surface area contributed by atoms with Crippen molar-refractivity contribution in [3.8, 4) is 0 Å². The van der Waals surface area contributed by atoms with Crippen LogP contribution in [-0.2, 0) is 9.53 Å². The van der Waals surface area contributed by atoms with Gasteiger partial charge in [-0.25, -0.2) is 0 Å². The maximum atomic E-state index is 12.7. The van der Waals surface area contributed by atoms with Gasteiger partial charge < -0.3 is 15.8 Å². The van der Waals surface area contributed by atoms with Gasteiger partial charge in [-0.1, -0.05) is 19.3 Å². The molecule has 0 radical (unpaired) electrons. The monoisotopic (exact) mass is 330 g/mol. The molecule has 0 heterocycles. The summed E-state index contributed by atoms with van der Waals surface area (Å²) in [6, 6.07) is 0.313. The average Bonchev–Trinajstić information content (AvgIpc) is 2.34. The zero-order valence-corrected chi connectivity index (χ0v) is 14.7. The van der Waals surface area contributed by atoms with Gasteiger partial charge in [0.1, 0.15) is 0 Å². The molecule has 3 fully saturated rings. The molecule has 3 saturated carbocycles. The Bertz CT molecular complexity index is 409. The number of halogens is 1. The fourth-order valence-electron chi connectivity index (χ4n) is 4.70. The van der Waals surface area contributed by atoms with Crippen molar-refractivity contribution in [1.29, 1.82) is 0 Å². The maximum absolute atomic E-state index is 12.7.